The van der Waals surface area contributed by atoms with E-state index in [9.17, 15) is 9.90 Å². The number of aliphatic hydroxyl groups excluding tert-OH is 1. The molecule has 1 aromatic heterocycles. The number of benzene rings is 1. The molecule has 1 fully saturated rings. The topological polar surface area (TPSA) is 87.5 Å². The fraction of sp³-hybridized carbons (Fsp3) is 0.467. The molecule has 1 amide bonds. The van der Waals surface area contributed by atoms with Crippen LogP contribution < -0.4 is 5.32 Å². The Bertz CT molecular complexity index is 730. The molecule has 3 N–H and O–H groups in total. The van der Waals surface area contributed by atoms with Crippen LogP contribution >= 0.6 is 12.2 Å². The molecule has 0 spiro atoms. The van der Waals surface area contributed by atoms with Gasteiger partial charge in [0.05, 0.1) is 12.1 Å². The van der Waals surface area contributed by atoms with Gasteiger partial charge in [0, 0.05) is 30.7 Å². The average Bonchev–Trinajstić information content (AvgIpc) is 3.10. The molecule has 0 unspecified atom stereocenters. The van der Waals surface area contributed by atoms with E-state index < -0.39 is 0 Å². The zero-order valence-corrected chi connectivity index (χ0v) is 12.9. The SMILES string of the molecule is O=C(NC[C@@]1(CCO)CCOC1)c1ccc2[nH]c(=S)oc2c1. The van der Waals surface area contributed by atoms with Crippen molar-refractivity contribution in [1.82, 2.24) is 10.3 Å². The van der Waals surface area contributed by atoms with Crippen LogP contribution in [-0.2, 0) is 4.74 Å². The molecule has 7 heteroatoms. The molecule has 2 heterocycles. The molecule has 1 saturated heterocycles. The van der Waals surface area contributed by atoms with Crippen LogP contribution in [0, 0.1) is 10.3 Å². The van der Waals surface area contributed by atoms with Crippen molar-refractivity contribution in [2.75, 3.05) is 26.4 Å². The van der Waals surface area contributed by atoms with Gasteiger partial charge in [-0.1, -0.05) is 0 Å². The molecule has 2 aromatic rings. The van der Waals surface area contributed by atoms with Gasteiger partial charge in [0.2, 0.25) is 0 Å². The van der Waals surface area contributed by atoms with Crippen LogP contribution in [-0.4, -0.2) is 42.4 Å². The summed E-state index contributed by atoms with van der Waals surface area (Å²) in [5, 5.41) is 12.1. The highest BCUT2D eigenvalue weighted by atomic mass is 32.1. The Morgan fingerprint density at radius 2 is 2.36 bits per heavy atom. The Morgan fingerprint density at radius 1 is 1.50 bits per heavy atom. The van der Waals surface area contributed by atoms with Gasteiger partial charge in [-0.2, -0.15) is 0 Å². The van der Waals surface area contributed by atoms with Gasteiger partial charge in [0.25, 0.3) is 10.7 Å². The summed E-state index contributed by atoms with van der Waals surface area (Å²) >= 11 is 4.93. The Labute approximate surface area is 132 Å². The summed E-state index contributed by atoms with van der Waals surface area (Å²) in [5.41, 5.74) is 1.68. The molecule has 118 valence electrons. The second kappa shape index (κ2) is 6.20. The lowest BCUT2D eigenvalue weighted by Crippen LogP contribution is -2.38. The fourth-order valence-corrected chi connectivity index (χ4v) is 2.97. The third kappa shape index (κ3) is 3.06. The van der Waals surface area contributed by atoms with Crippen LogP contribution in [0.4, 0.5) is 0 Å². The van der Waals surface area contributed by atoms with Crippen LogP contribution in [0.25, 0.3) is 11.1 Å². The van der Waals surface area contributed by atoms with Crippen molar-refractivity contribution in [3.63, 3.8) is 0 Å². The maximum Gasteiger partial charge on any atom is 0.266 e. The van der Waals surface area contributed by atoms with E-state index in [1.165, 1.54) is 0 Å². The van der Waals surface area contributed by atoms with Crippen LogP contribution in [0.2, 0.25) is 0 Å². The van der Waals surface area contributed by atoms with Gasteiger partial charge in [-0.05, 0) is 43.3 Å². The standard InChI is InChI=1S/C15H18N2O4S/c18-5-3-15(4-6-20-9-15)8-16-13(19)10-1-2-11-12(7-10)21-14(22)17-11/h1-2,7,18H,3-6,8-9H2,(H,16,19)(H,17,22)/t15-/m1/s1. The van der Waals surface area contributed by atoms with E-state index in [1.54, 1.807) is 18.2 Å². The van der Waals surface area contributed by atoms with Crippen LogP contribution in [0.1, 0.15) is 23.2 Å². The second-order valence-corrected chi connectivity index (χ2v) is 6.06. The van der Waals surface area contributed by atoms with Gasteiger partial charge < -0.3 is 24.6 Å². The normalized spacial score (nSPS) is 21.3. The molecule has 0 aliphatic carbocycles. The number of nitrogens with one attached hydrogen (secondary N) is 2. The summed E-state index contributed by atoms with van der Waals surface area (Å²) in [7, 11) is 0. The number of carbonyl (C=O) groups excluding carboxylic acids is 1. The maximum absolute atomic E-state index is 12.3. The molecular weight excluding hydrogens is 304 g/mol. The first-order valence-corrected chi connectivity index (χ1v) is 7.62. The summed E-state index contributed by atoms with van der Waals surface area (Å²) in [5.74, 6) is -0.173. The molecule has 0 saturated carbocycles. The number of H-pyrrole nitrogens is 1. The van der Waals surface area contributed by atoms with Crippen molar-refractivity contribution < 1.29 is 19.1 Å². The van der Waals surface area contributed by atoms with Crippen molar-refractivity contribution >= 4 is 29.2 Å². The van der Waals surface area contributed by atoms with Gasteiger partial charge in [0.15, 0.2) is 5.58 Å². The van der Waals surface area contributed by atoms with E-state index >= 15 is 0 Å². The molecule has 1 aliphatic rings. The van der Waals surface area contributed by atoms with E-state index in [0.29, 0.717) is 37.3 Å². The molecule has 1 aliphatic heterocycles. The number of amides is 1. The molecule has 22 heavy (non-hydrogen) atoms. The first-order valence-electron chi connectivity index (χ1n) is 7.22. The third-order valence-electron chi connectivity index (χ3n) is 4.13. The number of aliphatic hydroxyl groups is 1. The van der Waals surface area contributed by atoms with Crippen molar-refractivity contribution in [3.05, 3.63) is 28.6 Å². The number of fused-ring (bicyclic) bond motifs is 1. The Hall–Kier alpha value is -1.70. The van der Waals surface area contributed by atoms with Crippen molar-refractivity contribution in [2.24, 2.45) is 5.41 Å². The predicted molar refractivity (Wildman–Crippen MR) is 83.3 cm³/mol. The van der Waals surface area contributed by atoms with E-state index in [-0.39, 0.29) is 22.8 Å². The summed E-state index contributed by atoms with van der Waals surface area (Å²) in [6.07, 6.45) is 1.47. The van der Waals surface area contributed by atoms with Crippen LogP contribution in [0.15, 0.2) is 22.6 Å². The first kappa shape index (κ1) is 15.2. The zero-order chi connectivity index (χ0) is 15.6. The largest absolute Gasteiger partial charge is 0.429 e. The number of oxazole rings is 1. The van der Waals surface area contributed by atoms with E-state index in [1.807, 2.05) is 0 Å². The van der Waals surface area contributed by atoms with E-state index in [0.717, 1.165) is 11.9 Å². The highest BCUT2D eigenvalue weighted by Crippen LogP contribution is 2.31. The quantitative estimate of drug-likeness (QED) is 0.733. The average molecular weight is 322 g/mol. The summed E-state index contributed by atoms with van der Waals surface area (Å²) in [6.45, 7) is 1.82. The lowest BCUT2D eigenvalue weighted by atomic mass is 9.84. The minimum Gasteiger partial charge on any atom is -0.429 e. The number of ether oxygens (including phenoxy) is 1. The van der Waals surface area contributed by atoms with E-state index in [2.05, 4.69) is 10.3 Å². The van der Waals surface area contributed by atoms with Gasteiger partial charge >= 0.3 is 0 Å². The summed E-state index contributed by atoms with van der Waals surface area (Å²) in [4.78, 5) is 15.5. The van der Waals surface area contributed by atoms with Gasteiger partial charge in [0.1, 0.15) is 0 Å². The number of rotatable bonds is 5. The van der Waals surface area contributed by atoms with Gasteiger partial charge in [-0.15, -0.1) is 0 Å². The summed E-state index contributed by atoms with van der Waals surface area (Å²) in [6, 6.07) is 5.16. The van der Waals surface area contributed by atoms with Crippen molar-refractivity contribution in [1.29, 1.82) is 0 Å². The van der Waals surface area contributed by atoms with E-state index in [4.69, 9.17) is 21.4 Å². The maximum atomic E-state index is 12.3. The smallest absolute Gasteiger partial charge is 0.266 e. The highest BCUT2D eigenvalue weighted by molar-refractivity contribution is 7.71. The molecule has 1 atom stereocenters. The molecular formula is C15H18N2O4S. The number of aromatic nitrogens is 1. The minimum absolute atomic E-state index is 0.0923. The van der Waals surface area contributed by atoms with Crippen molar-refractivity contribution in [3.8, 4) is 0 Å². The Kier molecular flexibility index (Phi) is 4.28. The fourth-order valence-electron chi connectivity index (χ4n) is 2.77. The van der Waals surface area contributed by atoms with Gasteiger partial charge in [-0.25, -0.2) is 0 Å². The highest BCUT2D eigenvalue weighted by Gasteiger charge is 2.34. The van der Waals surface area contributed by atoms with Crippen molar-refractivity contribution in [2.45, 2.75) is 12.8 Å². The number of hydrogen-bond acceptors (Lipinski definition) is 5. The lowest BCUT2D eigenvalue weighted by Gasteiger charge is -2.26. The minimum atomic E-state index is -0.173. The Morgan fingerprint density at radius 3 is 3.09 bits per heavy atom. The molecule has 3 rings (SSSR count). The monoisotopic (exact) mass is 322 g/mol. The van der Waals surface area contributed by atoms with Gasteiger partial charge in [-0.3, -0.25) is 4.79 Å². The number of aromatic amines is 1. The molecule has 6 nitrogen and oxygen atoms in total. The predicted octanol–water partition coefficient (Wildman–Crippen LogP) is 2.01. The molecule has 1 aromatic carbocycles. The Balaban J connectivity index is 1.71. The van der Waals surface area contributed by atoms with Crippen LogP contribution in [0.5, 0.6) is 0 Å². The number of hydrogen-bond donors (Lipinski definition) is 3. The van der Waals surface area contributed by atoms with Crippen LogP contribution in [0.3, 0.4) is 0 Å². The molecule has 0 bridgehead atoms. The second-order valence-electron chi connectivity index (χ2n) is 5.68. The first-order chi connectivity index (χ1) is 10.6. The summed E-state index contributed by atoms with van der Waals surface area (Å²) < 4.78 is 10.7. The lowest BCUT2D eigenvalue weighted by molar-refractivity contribution is 0.0889. The number of carbonyl (C=O) groups is 1. The zero-order valence-electron chi connectivity index (χ0n) is 12.1. The third-order valence-corrected chi connectivity index (χ3v) is 4.32. The molecule has 0 radical (unpaired) electrons.